The molecule has 3 nitrogen and oxygen atoms in total. The fourth-order valence-electron chi connectivity index (χ4n) is 2.84. The Morgan fingerprint density at radius 1 is 1.20 bits per heavy atom. The lowest BCUT2D eigenvalue weighted by molar-refractivity contribution is 0.104. The highest BCUT2D eigenvalue weighted by atomic mass is 19.1. The van der Waals surface area contributed by atoms with Gasteiger partial charge in [-0.15, -0.1) is 0 Å². The van der Waals surface area contributed by atoms with Crippen molar-refractivity contribution in [3.05, 3.63) is 71.9 Å². The molecule has 0 radical (unpaired) electrons. The SMILES string of the molecule is C=CC(=O)c1cc(C)c2nccc(-c3c(F)cc(OC)cc3F)c2c1. The van der Waals surface area contributed by atoms with E-state index in [1.807, 2.05) is 0 Å². The summed E-state index contributed by atoms with van der Waals surface area (Å²) in [5, 5.41) is 0.496. The van der Waals surface area contributed by atoms with Crippen molar-refractivity contribution in [2.75, 3.05) is 7.11 Å². The molecule has 25 heavy (non-hydrogen) atoms. The van der Waals surface area contributed by atoms with Crippen LogP contribution in [0, 0.1) is 18.6 Å². The maximum absolute atomic E-state index is 14.5. The first-order valence-electron chi connectivity index (χ1n) is 7.55. The fraction of sp³-hybridized carbons (Fsp3) is 0.100. The molecule has 126 valence electrons. The van der Waals surface area contributed by atoms with Crippen LogP contribution in [0.2, 0.25) is 0 Å². The molecule has 0 aliphatic carbocycles. The summed E-state index contributed by atoms with van der Waals surface area (Å²) >= 11 is 0. The van der Waals surface area contributed by atoms with E-state index in [1.165, 1.54) is 25.4 Å². The van der Waals surface area contributed by atoms with Gasteiger partial charge in [0.2, 0.25) is 0 Å². The van der Waals surface area contributed by atoms with Gasteiger partial charge in [0.15, 0.2) is 5.78 Å². The monoisotopic (exact) mass is 339 g/mol. The van der Waals surface area contributed by atoms with Gasteiger partial charge in [-0.2, -0.15) is 0 Å². The molecule has 1 aromatic heterocycles. The lowest BCUT2D eigenvalue weighted by atomic mass is 9.95. The Balaban J connectivity index is 2.36. The molecule has 0 amide bonds. The predicted octanol–water partition coefficient (Wildman–Crippen LogP) is 4.87. The molecule has 5 heteroatoms. The first-order valence-corrected chi connectivity index (χ1v) is 7.55. The van der Waals surface area contributed by atoms with Crippen molar-refractivity contribution in [1.29, 1.82) is 0 Å². The molecule has 3 rings (SSSR count). The number of carbonyl (C=O) groups is 1. The Kier molecular flexibility index (Phi) is 4.31. The summed E-state index contributed by atoms with van der Waals surface area (Å²) in [4.78, 5) is 16.3. The van der Waals surface area contributed by atoms with Gasteiger partial charge in [-0.3, -0.25) is 9.78 Å². The topological polar surface area (TPSA) is 39.2 Å². The van der Waals surface area contributed by atoms with E-state index in [0.29, 0.717) is 22.0 Å². The van der Waals surface area contributed by atoms with Crippen LogP contribution in [0.15, 0.2) is 49.2 Å². The first kappa shape index (κ1) is 16.8. The molecule has 0 saturated heterocycles. The van der Waals surface area contributed by atoms with Gasteiger partial charge in [0.25, 0.3) is 0 Å². The molecular formula is C20H15F2NO2. The van der Waals surface area contributed by atoms with Crippen LogP contribution in [0.1, 0.15) is 15.9 Å². The largest absolute Gasteiger partial charge is 0.497 e. The standard InChI is InChI=1S/C20H15F2NO2/c1-4-18(24)12-7-11(2)20-15(8-12)14(5-6-23-20)19-16(21)9-13(25-3)10-17(19)22/h4-10H,1H2,2-3H3. The molecule has 2 aromatic carbocycles. The van der Waals surface area contributed by atoms with Crippen LogP contribution >= 0.6 is 0 Å². The molecule has 0 bridgehead atoms. The number of methoxy groups -OCH3 is 1. The number of nitrogens with zero attached hydrogens (tertiary/aromatic N) is 1. The average molecular weight is 339 g/mol. The van der Waals surface area contributed by atoms with Crippen LogP contribution < -0.4 is 4.74 Å². The smallest absolute Gasteiger partial charge is 0.185 e. The molecule has 0 saturated carbocycles. The Bertz CT molecular complexity index is 989. The summed E-state index contributed by atoms with van der Waals surface area (Å²) in [5.74, 6) is -1.67. The third-order valence-electron chi connectivity index (χ3n) is 4.03. The lowest BCUT2D eigenvalue weighted by Gasteiger charge is -2.12. The van der Waals surface area contributed by atoms with Gasteiger partial charge < -0.3 is 4.74 Å². The summed E-state index contributed by atoms with van der Waals surface area (Å²) in [6, 6.07) is 7.03. The van der Waals surface area contributed by atoms with Crippen molar-refractivity contribution in [2.45, 2.75) is 6.92 Å². The minimum atomic E-state index is -0.748. The lowest BCUT2D eigenvalue weighted by Crippen LogP contribution is -1.99. The van der Waals surface area contributed by atoms with Crippen molar-refractivity contribution in [3.63, 3.8) is 0 Å². The number of carbonyl (C=O) groups excluding carboxylic acids is 1. The zero-order valence-electron chi connectivity index (χ0n) is 13.8. The first-order chi connectivity index (χ1) is 12.0. The molecular weight excluding hydrogens is 324 g/mol. The van der Waals surface area contributed by atoms with Gasteiger partial charge >= 0.3 is 0 Å². The summed E-state index contributed by atoms with van der Waals surface area (Å²) in [6.45, 7) is 5.27. The maximum Gasteiger partial charge on any atom is 0.185 e. The van der Waals surface area contributed by atoms with Crippen LogP contribution in [0.4, 0.5) is 8.78 Å². The van der Waals surface area contributed by atoms with Crippen LogP contribution in [0.3, 0.4) is 0 Å². The van der Waals surface area contributed by atoms with Gasteiger partial charge in [-0.05, 0) is 42.3 Å². The van der Waals surface area contributed by atoms with Crippen molar-refractivity contribution in [2.24, 2.45) is 0 Å². The van der Waals surface area contributed by atoms with E-state index in [1.54, 1.807) is 19.1 Å². The number of hydrogen-bond acceptors (Lipinski definition) is 3. The minimum absolute atomic E-state index is 0.0933. The predicted molar refractivity (Wildman–Crippen MR) is 92.9 cm³/mol. The highest BCUT2D eigenvalue weighted by Gasteiger charge is 2.18. The maximum atomic E-state index is 14.5. The summed E-state index contributed by atoms with van der Waals surface area (Å²) in [6.07, 6.45) is 2.69. The quantitative estimate of drug-likeness (QED) is 0.503. The number of pyridine rings is 1. The van der Waals surface area contributed by atoms with Crippen molar-refractivity contribution < 1.29 is 18.3 Å². The highest BCUT2D eigenvalue weighted by molar-refractivity contribution is 6.08. The van der Waals surface area contributed by atoms with Crippen LogP contribution in [0.5, 0.6) is 5.75 Å². The Morgan fingerprint density at radius 2 is 1.88 bits per heavy atom. The molecule has 0 N–H and O–H groups in total. The second-order valence-electron chi connectivity index (χ2n) is 5.58. The molecule has 0 aliphatic heterocycles. The normalized spacial score (nSPS) is 10.7. The van der Waals surface area contributed by atoms with E-state index < -0.39 is 11.6 Å². The van der Waals surface area contributed by atoms with E-state index in [-0.39, 0.29) is 17.1 Å². The summed E-state index contributed by atoms with van der Waals surface area (Å²) in [7, 11) is 1.34. The average Bonchev–Trinajstić information content (AvgIpc) is 2.60. The number of ketones is 1. The molecule has 0 unspecified atom stereocenters. The summed E-state index contributed by atoms with van der Waals surface area (Å²) in [5.41, 5.74) is 1.84. The van der Waals surface area contributed by atoms with E-state index in [0.717, 1.165) is 17.7 Å². The van der Waals surface area contributed by atoms with Crippen molar-refractivity contribution in [3.8, 4) is 16.9 Å². The molecule has 0 aliphatic rings. The molecule has 1 heterocycles. The van der Waals surface area contributed by atoms with E-state index in [2.05, 4.69) is 11.6 Å². The Hall–Kier alpha value is -3.08. The van der Waals surface area contributed by atoms with Gasteiger partial charge in [0, 0.05) is 29.3 Å². The molecule has 0 spiro atoms. The van der Waals surface area contributed by atoms with Crippen molar-refractivity contribution >= 4 is 16.7 Å². The molecule has 3 aromatic rings. The minimum Gasteiger partial charge on any atom is -0.497 e. The highest BCUT2D eigenvalue weighted by Crippen LogP contribution is 2.35. The zero-order chi connectivity index (χ0) is 18.1. The second kappa shape index (κ2) is 6.43. The van der Waals surface area contributed by atoms with E-state index >= 15 is 0 Å². The van der Waals surface area contributed by atoms with Gasteiger partial charge in [0.05, 0.1) is 18.2 Å². The third kappa shape index (κ3) is 2.89. The number of aromatic nitrogens is 1. The second-order valence-corrected chi connectivity index (χ2v) is 5.58. The van der Waals surface area contributed by atoms with Gasteiger partial charge in [-0.1, -0.05) is 6.58 Å². The van der Waals surface area contributed by atoms with Crippen LogP contribution in [0.25, 0.3) is 22.0 Å². The number of allylic oxidation sites excluding steroid dienone is 1. The van der Waals surface area contributed by atoms with E-state index in [4.69, 9.17) is 4.74 Å². The fourth-order valence-corrected chi connectivity index (χ4v) is 2.84. The van der Waals surface area contributed by atoms with Gasteiger partial charge in [-0.25, -0.2) is 8.78 Å². The number of rotatable bonds is 4. The number of aryl methyl sites for hydroxylation is 1. The number of halogens is 2. The van der Waals surface area contributed by atoms with Crippen LogP contribution in [-0.4, -0.2) is 17.9 Å². The van der Waals surface area contributed by atoms with Crippen molar-refractivity contribution in [1.82, 2.24) is 4.98 Å². The third-order valence-corrected chi connectivity index (χ3v) is 4.03. The van der Waals surface area contributed by atoms with Gasteiger partial charge in [0.1, 0.15) is 17.4 Å². The zero-order valence-corrected chi connectivity index (χ0v) is 13.8. The number of ether oxygens (including phenoxy) is 1. The van der Waals surface area contributed by atoms with E-state index in [9.17, 15) is 13.6 Å². The molecule has 0 fully saturated rings. The summed E-state index contributed by atoms with van der Waals surface area (Å²) < 4.78 is 33.9. The molecule has 0 atom stereocenters. The van der Waals surface area contributed by atoms with Crippen LogP contribution in [-0.2, 0) is 0 Å². The number of fused-ring (bicyclic) bond motifs is 1. The Morgan fingerprint density at radius 3 is 2.48 bits per heavy atom. The number of benzene rings is 2. The number of hydrogen-bond donors (Lipinski definition) is 0. The Labute approximate surface area is 143 Å².